The Labute approximate surface area is 145 Å². The maximum absolute atomic E-state index is 12.7. The van der Waals surface area contributed by atoms with Gasteiger partial charge in [0.05, 0.1) is 5.92 Å². The number of piperidine rings is 1. The fraction of sp³-hybridized carbons (Fsp3) is 0.333. The van der Waals surface area contributed by atoms with Crippen LogP contribution in [0.2, 0.25) is 5.02 Å². The average Bonchev–Trinajstić information content (AvgIpc) is 3.04. The summed E-state index contributed by atoms with van der Waals surface area (Å²) in [6.45, 7) is 1.57. The number of aliphatic carboxylic acids is 1. The van der Waals surface area contributed by atoms with E-state index in [0.29, 0.717) is 43.2 Å². The maximum Gasteiger partial charge on any atom is 0.306 e. The van der Waals surface area contributed by atoms with E-state index in [-0.39, 0.29) is 11.8 Å². The minimum absolute atomic E-state index is 0.0437. The molecule has 1 aromatic carbocycles. The number of carboxylic acid groups (broad SMARTS) is 1. The van der Waals surface area contributed by atoms with E-state index in [9.17, 15) is 9.59 Å². The van der Waals surface area contributed by atoms with Crippen molar-refractivity contribution in [3.63, 3.8) is 0 Å². The number of amides is 1. The molecule has 0 saturated carbocycles. The van der Waals surface area contributed by atoms with Gasteiger partial charge in [-0.1, -0.05) is 23.7 Å². The van der Waals surface area contributed by atoms with Crippen LogP contribution in [-0.2, 0) is 11.3 Å². The van der Waals surface area contributed by atoms with Crippen LogP contribution in [0.1, 0.15) is 28.9 Å². The first-order valence-corrected chi connectivity index (χ1v) is 8.34. The van der Waals surface area contributed by atoms with Crippen molar-refractivity contribution < 1.29 is 14.7 Å². The van der Waals surface area contributed by atoms with Crippen molar-refractivity contribution in [1.82, 2.24) is 9.47 Å². The van der Waals surface area contributed by atoms with Crippen LogP contribution in [0, 0.1) is 5.92 Å². The van der Waals surface area contributed by atoms with Gasteiger partial charge in [0, 0.05) is 30.9 Å². The van der Waals surface area contributed by atoms with E-state index >= 15 is 0 Å². The number of hydrogen-bond acceptors (Lipinski definition) is 2. The molecule has 0 bridgehead atoms. The Morgan fingerprint density at radius 2 is 1.79 bits per heavy atom. The van der Waals surface area contributed by atoms with Crippen LogP contribution in [0.5, 0.6) is 0 Å². The highest BCUT2D eigenvalue weighted by molar-refractivity contribution is 6.30. The molecule has 1 amide bonds. The lowest BCUT2D eigenvalue weighted by atomic mass is 9.97. The van der Waals surface area contributed by atoms with Gasteiger partial charge in [-0.25, -0.2) is 0 Å². The van der Waals surface area contributed by atoms with E-state index in [1.807, 2.05) is 47.2 Å². The number of carbonyl (C=O) groups excluding carboxylic acids is 1. The zero-order valence-electron chi connectivity index (χ0n) is 13.2. The first-order valence-electron chi connectivity index (χ1n) is 7.96. The molecular formula is C18H19ClN2O3. The standard InChI is InChI=1S/C18H19ClN2O3/c19-15-5-3-13(4-6-15)12-21-9-1-2-16(21)17(22)20-10-7-14(8-11-20)18(23)24/h1-6,9,14H,7-8,10-12H2,(H,23,24). The fourth-order valence-corrected chi connectivity index (χ4v) is 3.15. The number of benzene rings is 1. The van der Waals surface area contributed by atoms with E-state index in [1.165, 1.54) is 0 Å². The maximum atomic E-state index is 12.7. The molecule has 1 N–H and O–H groups in total. The van der Waals surface area contributed by atoms with Crippen LogP contribution in [-0.4, -0.2) is 39.5 Å². The Hall–Kier alpha value is -2.27. The molecule has 0 radical (unpaired) electrons. The summed E-state index contributed by atoms with van der Waals surface area (Å²) in [5, 5.41) is 9.74. The molecule has 6 heteroatoms. The molecule has 5 nitrogen and oxygen atoms in total. The molecule has 2 heterocycles. The van der Waals surface area contributed by atoms with Gasteiger partial charge in [0.25, 0.3) is 5.91 Å². The summed E-state index contributed by atoms with van der Waals surface area (Å²) in [7, 11) is 0. The molecule has 126 valence electrons. The van der Waals surface area contributed by atoms with Gasteiger partial charge in [0.1, 0.15) is 5.69 Å². The highest BCUT2D eigenvalue weighted by Gasteiger charge is 2.28. The SMILES string of the molecule is O=C(O)C1CCN(C(=O)c2cccn2Cc2ccc(Cl)cc2)CC1. The van der Waals surface area contributed by atoms with Gasteiger partial charge < -0.3 is 14.6 Å². The first-order chi connectivity index (χ1) is 11.5. The number of halogens is 1. The smallest absolute Gasteiger partial charge is 0.306 e. The van der Waals surface area contributed by atoms with Crippen LogP contribution < -0.4 is 0 Å². The van der Waals surface area contributed by atoms with Gasteiger partial charge in [-0.3, -0.25) is 9.59 Å². The normalized spacial score (nSPS) is 15.5. The summed E-state index contributed by atoms with van der Waals surface area (Å²) in [5.74, 6) is -1.15. The van der Waals surface area contributed by atoms with E-state index in [1.54, 1.807) is 4.90 Å². The number of hydrogen-bond donors (Lipinski definition) is 1. The molecule has 2 aromatic rings. The van der Waals surface area contributed by atoms with Crippen molar-refractivity contribution in [2.24, 2.45) is 5.92 Å². The Morgan fingerprint density at radius 3 is 2.42 bits per heavy atom. The lowest BCUT2D eigenvalue weighted by Gasteiger charge is -2.30. The van der Waals surface area contributed by atoms with Crippen molar-refractivity contribution in [1.29, 1.82) is 0 Å². The number of carbonyl (C=O) groups is 2. The summed E-state index contributed by atoms with van der Waals surface area (Å²) in [6, 6.07) is 11.2. The number of carboxylic acids is 1. The van der Waals surface area contributed by atoms with Crippen LogP contribution in [0.25, 0.3) is 0 Å². The quantitative estimate of drug-likeness (QED) is 0.925. The fourth-order valence-electron chi connectivity index (χ4n) is 3.02. The van der Waals surface area contributed by atoms with E-state index < -0.39 is 5.97 Å². The summed E-state index contributed by atoms with van der Waals surface area (Å²) in [4.78, 5) is 25.5. The minimum atomic E-state index is -0.770. The van der Waals surface area contributed by atoms with Gasteiger partial charge in [-0.15, -0.1) is 0 Å². The predicted molar refractivity (Wildman–Crippen MR) is 91.2 cm³/mol. The van der Waals surface area contributed by atoms with Crippen LogP contribution in [0.3, 0.4) is 0 Å². The third-order valence-corrected chi connectivity index (χ3v) is 4.70. The summed E-state index contributed by atoms with van der Waals surface area (Å²) in [5.41, 5.74) is 1.69. The third kappa shape index (κ3) is 3.62. The van der Waals surface area contributed by atoms with Gasteiger partial charge in [-0.05, 0) is 42.7 Å². The highest BCUT2D eigenvalue weighted by atomic mass is 35.5. The van der Waals surface area contributed by atoms with Gasteiger partial charge >= 0.3 is 5.97 Å². The molecule has 1 saturated heterocycles. The summed E-state index contributed by atoms with van der Waals surface area (Å²) < 4.78 is 1.91. The minimum Gasteiger partial charge on any atom is -0.481 e. The van der Waals surface area contributed by atoms with Crippen LogP contribution in [0.15, 0.2) is 42.6 Å². The van der Waals surface area contributed by atoms with Crippen molar-refractivity contribution in [2.45, 2.75) is 19.4 Å². The Bertz CT molecular complexity index is 731. The molecule has 0 aliphatic carbocycles. The van der Waals surface area contributed by atoms with Crippen molar-refractivity contribution >= 4 is 23.5 Å². The van der Waals surface area contributed by atoms with Crippen molar-refractivity contribution in [2.75, 3.05) is 13.1 Å². The van der Waals surface area contributed by atoms with Gasteiger partial charge in [-0.2, -0.15) is 0 Å². The summed E-state index contributed by atoms with van der Waals surface area (Å²) >= 11 is 5.90. The first kappa shape index (κ1) is 16.6. The molecule has 1 fully saturated rings. The average molecular weight is 347 g/mol. The zero-order chi connectivity index (χ0) is 17.1. The monoisotopic (exact) mass is 346 g/mol. The predicted octanol–water partition coefficient (Wildman–Crippen LogP) is 3.13. The second-order valence-corrected chi connectivity index (χ2v) is 6.49. The largest absolute Gasteiger partial charge is 0.481 e. The topological polar surface area (TPSA) is 62.5 Å². The number of rotatable bonds is 4. The van der Waals surface area contributed by atoms with Crippen LogP contribution >= 0.6 is 11.6 Å². The number of likely N-dealkylation sites (tertiary alicyclic amines) is 1. The van der Waals surface area contributed by atoms with E-state index in [4.69, 9.17) is 16.7 Å². The van der Waals surface area contributed by atoms with Gasteiger partial charge in [0.15, 0.2) is 0 Å². The molecule has 1 aliphatic rings. The van der Waals surface area contributed by atoms with Crippen molar-refractivity contribution in [3.05, 3.63) is 58.9 Å². The molecule has 1 aromatic heterocycles. The van der Waals surface area contributed by atoms with Crippen LogP contribution in [0.4, 0.5) is 0 Å². The van der Waals surface area contributed by atoms with Crippen molar-refractivity contribution in [3.8, 4) is 0 Å². The molecule has 0 spiro atoms. The molecule has 0 atom stereocenters. The molecule has 1 aliphatic heterocycles. The Balaban J connectivity index is 1.69. The number of aromatic nitrogens is 1. The highest BCUT2D eigenvalue weighted by Crippen LogP contribution is 2.20. The molecular weight excluding hydrogens is 328 g/mol. The van der Waals surface area contributed by atoms with E-state index in [2.05, 4.69) is 0 Å². The second-order valence-electron chi connectivity index (χ2n) is 6.05. The lowest BCUT2D eigenvalue weighted by Crippen LogP contribution is -2.41. The molecule has 0 unspecified atom stereocenters. The Morgan fingerprint density at radius 1 is 1.12 bits per heavy atom. The molecule has 24 heavy (non-hydrogen) atoms. The zero-order valence-corrected chi connectivity index (χ0v) is 13.9. The second kappa shape index (κ2) is 7.09. The Kier molecular flexibility index (Phi) is 4.90. The van der Waals surface area contributed by atoms with E-state index in [0.717, 1.165) is 5.56 Å². The number of nitrogens with zero attached hydrogens (tertiary/aromatic N) is 2. The lowest BCUT2D eigenvalue weighted by molar-refractivity contribution is -0.143. The van der Waals surface area contributed by atoms with Gasteiger partial charge in [0.2, 0.25) is 0 Å². The summed E-state index contributed by atoms with van der Waals surface area (Å²) in [6.07, 6.45) is 2.91. The third-order valence-electron chi connectivity index (χ3n) is 4.45. The molecule has 3 rings (SSSR count).